The van der Waals surface area contributed by atoms with E-state index in [-0.39, 0.29) is 41.5 Å². The maximum Gasteiger partial charge on any atom is 0.309 e. The third-order valence-corrected chi connectivity index (χ3v) is 4.39. The number of alkyl halides is 2. The molecule has 0 amide bonds. The minimum atomic E-state index is -2.70. The number of esters is 1. The van der Waals surface area contributed by atoms with Crippen molar-refractivity contribution in [3.8, 4) is 0 Å². The largest absolute Gasteiger partial charge is 0.462 e. The molecule has 23 heavy (non-hydrogen) atoms. The molecular formula is C19H36F2O2. The van der Waals surface area contributed by atoms with Crippen molar-refractivity contribution in [1.29, 1.82) is 0 Å². The number of carbonyl (C=O) groups is 1. The topological polar surface area (TPSA) is 26.3 Å². The first-order valence-electron chi connectivity index (χ1n) is 8.67. The van der Waals surface area contributed by atoms with Gasteiger partial charge in [-0.2, -0.15) is 0 Å². The molecule has 0 aromatic heterocycles. The van der Waals surface area contributed by atoms with Crippen LogP contribution in [-0.2, 0) is 9.53 Å². The molecular weight excluding hydrogens is 298 g/mol. The summed E-state index contributed by atoms with van der Waals surface area (Å²) in [6.45, 7) is 17.2. The zero-order valence-corrected chi connectivity index (χ0v) is 16.4. The molecule has 0 aliphatic rings. The minimum Gasteiger partial charge on any atom is -0.462 e. The fourth-order valence-corrected chi connectivity index (χ4v) is 2.52. The predicted molar refractivity (Wildman–Crippen MR) is 91.6 cm³/mol. The Labute approximate surface area is 141 Å². The molecule has 3 atom stereocenters. The second kappa shape index (κ2) is 7.94. The summed E-state index contributed by atoms with van der Waals surface area (Å²) in [6, 6.07) is 0. The van der Waals surface area contributed by atoms with Crippen LogP contribution in [0.25, 0.3) is 0 Å². The summed E-state index contributed by atoms with van der Waals surface area (Å²) in [5.41, 5.74) is -0.220. The molecule has 0 aromatic rings. The van der Waals surface area contributed by atoms with Gasteiger partial charge >= 0.3 is 5.97 Å². The van der Waals surface area contributed by atoms with Crippen molar-refractivity contribution in [2.24, 2.45) is 22.7 Å². The van der Waals surface area contributed by atoms with E-state index in [4.69, 9.17) is 4.74 Å². The molecule has 0 rings (SSSR count). The van der Waals surface area contributed by atoms with Crippen LogP contribution >= 0.6 is 0 Å². The first-order valence-corrected chi connectivity index (χ1v) is 8.67. The summed E-state index contributed by atoms with van der Waals surface area (Å²) < 4.78 is 32.6. The summed E-state index contributed by atoms with van der Waals surface area (Å²) in [7, 11) is 0. The summed E-state index contributed by atoms with van der Waals surface area (Å²) in [5, 5.41) is 0. The molecule has 0 saturated heterocycles. The van der Waals surface area contributed by atoms with Crippen LogP contribution in [0.5, 0.6) is 0 Å². The lowest BCUT2D eigenvalue weighted by molar-refractivity contribution is -0.162. The Morgan fingerprint density at radius 1 is 1.00 bits per heavy atom. The third kappa shape index (κ3) is 8.66. The van der Waals surface area contributed by atoms with Crippen LogP contribution in [0.2, 0.25) is 0 Å². The van der Waals surface area contributed by atoms with E-state index in [2.05, 4.69) is 20.8 Å². The normalized spacial score (nSPS) is 17.5. The molecule has 2 nitrogen and oxygen atoms in total. The number of rotatable bonds is 7. The van der Waals surface area contributed by atoms with Crippen molar-refractivity contribution < 1.29 is 18.3 Å². The number of hydrogen-bond donors (Lipinski definition) is 0. The Morgan fingerprint density at radius 2 is 1.48 bits per heavy atom. The third-order valence-electron chi connectivity index (χ3n) is 4.39. The lowest BCUT2D eigenvalue weighted by Gasteiger charge is -2.35. The monoisotopic (exact) mass is 334 g/mol. The minimum absolute atomic E-state index is 0.00105. The van der Waals surface area contributed by atoms with E-state index in [1.165, 1.54) is 6.92 Å². The van der Waals surface area contributed by atoms with Crippen molar-refractivity contribution >= 4 is 5.97 Å². The van der Waals surface area contributed by atoms with E-state index >= 15 is 0 Å². The molecule has 0 radical (unpaired) electrons. The van der Waals surface area contributed by atoms with Crippen molar-refractivity contribution in [1.82, 2.24) is 0 Å². The van der Waals surface area contributed by atoms with Gasteiger partial charge in [0.2, 0.25) is 5.92 Å². The van der Waals surface area contributed by atoms with E-state index < -0.39 is 12.0 Å². The first-order chi connectivity index (χ1) is 10.1. The smallest absolute Gasteiger partial charge is 0.309 e. The van der Waals surface area contributed by atoms with Gasteiger partial charge in [0.25, 0.3) is 0 Å². The number of carbonyl (C=O) groups excluding carboxylic acids is 1. The molecule has 0 bridgehead atoms. The molecule has 0 aliphatic heterocycles. The quantitative estimate of drug-likeness (QED) is 0.527. The standard InChI is InChI=1S/C19H36F2O2/c1-10-19(20,21)11-13(2)14(3)23-16(22)15(18(7,8)9)12-17(4,5)6/h13-15H,10-12H2,1-9H3. The summed E-state index contributed by atoms with van der Waals surface area (Å²) in [5.74, 6) is -3.59. The number of ether oxygens (including phenoxy) is 1. The van der Waals surface area contributed by atoms with Crippen LogP contribution in [0.15, 0.2) is 0 Å². The molecule has 0 N–H and O–H groups in total. The molecule has 0 aliphatic carbocycles. The van der Waals surface area contributed by atoms with Gasteiger partial charge in [-0.3, -0.25) is 4.79 Å². The Kier molecular flexibility index (Phi) is 7.70. The van der Waals surface area contributed by atoms with Gasteiger partial charge < -0.3 is 4.74 Å². The van der Waals surface area contributed by atoms with Crippen molar-refractivity contribution in [3.05, 3.63) is 0 Å². The molecule has 0 heterocycles. The average Bonchev–Trinajstić information content (AvgIpc) is 2.32. The van der Waals surface area contributed by atoms with Crippen LogP contribution < -0.4 is 0 Å². The van der Waals surface area contributed by atoms with Crippen LogP contribution in [0.3, 0.4) is 0 Å². The van der Waals surface area contributed by atoms with Gasteiger partial charge in [0.1, 0.15) is 6.10 Å². The second-order valence-electron chi connectivity index (χ2n) is 9.22. The highest BCUT2D eigenvalue weighted by molar-refractivity contribution is 5.73. The van der Waals surface area contributed by atoms with E-state index in [1.54, 1.807) is 13.8 Å². The Hall–Kier alpha value is -0.670. The van der Waals surface area contributed by atoms with Gasteiger partial charge in [0.05, 0.1) is 5.92 Å². The van der Waals surface area contributed by atoms with E-state index in [9.17, 15) is 13.6 Å². The van der Waals surface area contributed by atoms with Crippen molar-refractivity contribution in [2.45, 2.75) is 93.6 Å². The van der Waals surface area contributed by atoms with E-state index in [1.807, 2.05) is 20.8 Å². The summed E-state index contributed by atoms with van der Waals surface area (Å²) >= 11 is 0. The van der Waals surface area contributed by atoms with Crippen LogP contribution in [0, 0.1) is 22.7 Å². The van der Waals surface area contributed by atoms with Gasteiger partial charge in [-0.25, -0.2) is 8.78 Å². The molecule has 0 spiro atoms. The van der Waals surface area contributed by atoms with Gasteiger partial charge in [-0.05, 0) is 30.1 Å². The molecule has 0 aromatic carbocycles. The molecule has 138 valence electrons. The van der Waals surface area contributed by atoms with Crippen LogP contribution in [0.4, 0.5) is 8.78 Å². The molecule has 3 unspecified atom stereocenters. The van der Waals surface area contributed by atoms with E-state index in [0.717, 1.165) is 0 Å². The van der Waals surface area contributed by atoms with Gasteiger partial charge in [-0.1, -0.05) is 55.4 Å². The lowest BCUT2D eigenvalue weighted by Crippen LogP contribution is -2.37. The average molecular weight is 334 g/mol. The Morgan fingerprint density at radius 3 is 1.83 bits per heavy atom. The Balaban J connectivity index is 4.92. The highest BCUT2D eigenvalue weighted by Crippen LogP contribution is 2.37. The number of hydrogen-bond acceptors (Lipinski definition) is 2. The van der Waals surface area contributed by atoms with Gasteiger partial charge in [-0.15, -0.1) is 0 Å². The van der Waals surface area contributed by atoms with Gasteiger partial charge in [0, 0.05) is 12.8 Å². The maximum atomic E-state index is 13.5. The molecule has 4 heteroatoms. The second-order valence-corrected chi connectivity index (χ2v) is 9.22. The lowest BCUT2D eigenvalue weighted by atomic mass is 9.72. The highest BCUT2D eigenvalue weighted by Gasteiger charge is 2.38. The fourth-order valence-electron chi connectivity index (χ4n) is 2.52. The van der Waals surface area contributed by atoms with Crippen LogP contribution in [0.1, 0.15) is 81.6 Å². The van der Waals surface area contributed by atoms with Gasteiger partial charge in [0.15, 0.2) is 0 Å². The zero-order chi connectivity index (χ0) is 18.6. The SMILES string of the molecule is CCC(F)(F)CC(C)C(C)OC(=O)C(CC(C)(C)C)C(C)(C)C. The van der Waals surface area contributed by atoms with Crippen molar-refractivity contribution in [2.75, 3.05) is 0 Å². The fraction of sp³-hybridized carbons (Fsp3) is 0.947. The summed E-state index contributed by atoms with van der Waals surface area (Å²) in [6.07, 6.45) is -0.240. The maximum absolute atomic E-state index is 13.5. The highest BCUT2D eigenvalue weighted by atomic mass is 19.3. The van der Waals surface area contributed by atoms with Crippen LogP contribution in [-0.4, -0.2) is 18.0 Å². The Bertz CT molecular complexity index is 378. The number of halogens is 2. The zero-order valence-electron chi connectivity index (χ0n) is 16.4. The molecule has 0 fully saturated rings. The van der Waals surface area contributed by atoms with Crippen molar-refractivity contribution in [3.63, 3.8) is 0 Å². The van der Waals surface area contributed by atoms with E-state index in [0.29, 0.717) is 6.42 Å². The summed E-state index contributed by atoms with van der Waals surface area (Å²) in [4.78, 5) is 12.6. The first kappa shape index (κ1) is 22.3. The molecule has 0 saturated carbocycles. The predicted octanol–water partition coefficient (Wildman–Crippen LogP) is 6.09.